The molecule has 1 aromatic heterocycles. The zero-order valence-electron chi connectivity index (χ0n) is 17.8. The number of hydrogen-bond donors (Lipinski definition) is 2. The van der Waals surface area contributed by atoms with E-state index in [1.165, 1.54) is 12.1 Å². The lowest BCUT2D eigenvalue weighted by molar-refractivity contribution is -0.117. The Bertz CT molecular complexity index is 1090. The van der Waals surface area contributed by atoms with Gasteiger partial charge in [0, 0.05) is 28.9 Å². The predicted molar refractivity (Wildman–Crippen MR) is 121 cm³/mol. The van der Waals surface area contributed by atoms with E-state index in [-0.39, 0.29) is 29.2 Å². The molecule has 0 aliphatic carbocycles. The molecule has 1 aliphatic rings. The number of aromatic nitrogens is 2. The highest BCUT2D eigenvalue weighted by Gasteiger charge is 2.40. The summed E-state index contributed by atoms with van der Waals surface area (Å²) >= 11 is 6.04. The summed E-state index contributed by atoms with van der Waals surface area (Å²) in [5, 5.41) is 11.7. The van der Waals surface area contributed by atoms with Gasteiger partial charge in [-0.2, -0.15) is 5.10 Å². The van der Waals surface area contributed by atoms with Gasteiger partial charge in [0.05, 0.1) is 17.3 Å². The van der Waals surface area contributed by atoms with Crippen molar-refractivity contribution in [3.63, 3.8) is 0 Å². The number of carbonyl (C=O) groups is 1. The summed E-state index contributed by atoms with van der Waals surface area (Å²) in [7, 11) is 0. The van der Waals surface area contributed by atoms with Crippen molar-refractivity contribution in [2.45, 2.75) is 50.7 Å². The molecule has 5 nitrogen and oxygen atoms in total. The van der Waals surface area contributed by atoms with Crippen molar-refractivity contribution in [3.8, 4) is 0 Å². The maximum absolute atomic E-state index is 14.0. The van der Waals surface area contributed by atoms with Gasteiger partial charge in [-0.05, 0) is 69.2 Å². The van der Waals surface area contributed by atoms with E-state index >= 15 is 0 Å². The van der Waals surface area contributed by atoms with E-state index in [1.54, 1.807) is 30.3 Å². The molecule has 2 aromatic carbocycles. The van der Waals surface area contributed by atoms with E-state index < -0.39 is 6.04 Å². The topological polar surface area (TPSA) is 59.0 Å². The molecule has 0 bridgehead atoms. The van der Waals surface area contributed by atoms with Crippen LogP contribution < -0.4 is 10.6 Å². The van der Waals surface area contributed by atoms with Gasteiger partial charge in [0.15, 0.2) is 0 Å². The number of hydrogen-bond acceptors (Lipinski definition) is 3. The molecule has 0 unspecified atom stereocenters. The molecule has 4 rings (SSSR count). The molecule has 2 N–H and O–H groups in total. The van der Waals surface area contributed by atoms with Gasteiger partial charge in [-0.15, -0.1) is 0 Å². The van der Waals surface area contributed by atoms with Gasteiger partial charge in [-0.25, -0.2) is 4.39 Å². The van der Waals surface area contributed by atoms with Gasteiger partial charge in [0.25, 0.3) is 0 Å². The summed E-state index contributed by atoms with van der Waals surface area (Å²) in [5.41, 5.74) is 2.17. The summed E-state index contributed by atoms with van der Waals surface area (Å²) in [6.07, 6.45) is 2.51. The van der Waals surface area contributed by atoms with Crippen LogP contribution in [0.15, 0.2) is 60.8 Å². The van der Waals surface area contributed by atoms with Gasteiger partial charge in [-0.3, -0.25) is 14.8 Å². The largest absolute Gasteiger partial charge is 0.325 e. The highest BCUT2D eigenvalue weighted by atomic mass is 35.5. The first-order chi connectivity index (χ1) is 14.7. The van der Waals surface area contributed by atoms with E-state index in [1.807, 2.05) is 23.0 Å². The quantitative estimate of drug-likeness (QED) is 0.582. The van der Waals surface area contributed by atoms with E-state index in [4.69, 9.17) is 16.7 Å². The number of carbonyl (C=O) groups excluding carboxylic acids is 1. The third-order valence-corrected chi connectivity index (χ3v) is 5.80. The van der Waals surface area contributed by atoms with E-state index in [9.17, 15) is 9.18 Å². The first kappa shape index (κ1) is 21.5. The molecule has 162 valence electrons. The first-order valence-electron chi connectivity index (χ1n) is 10.3. The third-order valence-electron chi connectivity index (χ3n) is 5.57. The van der Waals surface area contributed by atoms with Crippen molar-refractivity contribution in [1.29, 1.82) is 0 Å². The fraction of sp³-hybridized carbons (Fsp3) is 0.333. The van der Waals surface area contributed by atoms with E-state index in [2.05, 4.69) is 31.4 Å². The summed E-state index contributed by atoms with van der Waals surface area (Å²) in [6, 6.07) is 14.9. The summed E-state index contributed by atoms with van der Waals surface area (Å²) in [5.74, 6) is -0.521. The lowest BCUT2D eigenvalue weighted by Gasteiger charge is -2.21. The van der Waals surface area contributed by atoms with Crippen LogP contribution in [-0.2, 0) is 10.3 Å². The zero-order valence-corrected chi connectivity index (χ0v) is 18.5. The summed E-state index contributed by atoms with van der Waals surface area (Å²) in [4.78, 5) is 13.0. The third kappa shape index (κ3) is 4.81. The minimum atomic E-state index is -0.447. The second-order valence-corrected chi connectivity index (χ2v) is 9.39. The van der Waals surface area contributed by atoms with Crippen LogP contribution in [0.1, 0.15) is 50.4 Å². The minimum absolute atomic E-state index is 0.0690. The Hall–Kier alpha value is -2.70. The van der Waals surface area contributed by atoms with Crippen molar-refractivity contribution in [2.75, 3.05) is 5.32 Å². The Morgan fingerprint density at radius 2 is 1.97 bits per heavy atom. The normalized spacial score (nSPS) is 21.3. The maximum Gasteiger partial charge on any atom is 0.241 e. The second-order valence-electron chi connectivity index (χ2n) is 8.95. The molecule has 31 heavy (non-hydrogen) atoms. The van der Waals surface area contributed by atoms with Gasteiger partial charge in [0.1, 0.15) is 5.82 Å². The average molecular weight is 441 g/mol. The van der Waals surface area contributed by atoms with Crippen LogP contribution in [0.5, 0.6) is 0 Å². The Balaban J connectivity index is 1.61. The molecule has 0 spiro atoms. The Morgan fingerprint density at radius 1 is 1.19 bits per heavy atom. The SMILES string of the molecule is CC(C)(C)n1ccc([C@H]2C[C@@H](C(=O)Nc3cccc(Cl)c3)N[C@H]2c2cccc(F)c2)n1. The molecule has 7 heteroatoms. The molecule has 3 aromatic rings. The molecule has 1 fully saturated rings. The molecule has 0 radical (unpaired) electrons. The lowest BCUT2D eigenvalue weighted by atomic mass is 9.90. The van der Waals surface area contributed by atoms with Crippen LogP contribution >= 0.6 is 11.6 Å². The number of nitrogens with zero attached hydrogens (tertiary/aromatic N) is 2. The predicted octanol–water partition coefficient (Wildman–Crippen LogP) is 5.26. The van der Waals surface area contributed by atoms with Gasteiger partial charge >= 0.3 is 0 Å². The number of anilines is 1. The number of halogens is 2. The second kappa shape index (κ2) is 8.44. The average Bonchev–Trinajstić information content (AvgIpc) is 3.35. The molecule has 3 atom stereocenters. The smallest absolute Gasteiger partial charge is 0.241 e. The van der Waals surface area contributed by atoms with Crippen LogP contribution in [0.2, 0.25) is 5.02 Å². The molecule has 1 aliphatic heterocycles. The molecule has 1 amide bonds. The lowest BCUT2D eigenvalue weighted by Crippen LogP contribution is -2.36. The molecule has 0 saturated carbocycles. The van der Waals surface area contributed by atoms with Crippen LogP contribution in [0.3, 0.4) is 0 Å². The highest BCUT2D eigenvalue weighted by molar-refractivity contribution is 6.30. The minimum Gasteiger partial charge on any atom is -0.325 e. The van der Waals surface area contributed by atoms with Crippen LogP contribution in [0.4, 0.5) is 10.1 Å². The highest BCUT2D eigenvalue weighted by Crippen LogP contribution is 2.40. The maximum atomic E-state index is 14.0. The van der Waals surface area contributed by atoms with Crippen molar-refractivity contribution >= 4 is 23.2 Å². The van der Waals surface area contributed by atoms with Crippen molar-refractivity contribution in [3.05, 3.63) is 82.9 Å². The number of nitrogens with one attached hydrogen (secondary N) is 2. The molecule has 2 heterocycles. The van der Waals surface area contributed by atoms with E-state index in [0.717, 1.165) is 11.3 Å². The van der Waals surface area contributed by atoms with Crippen LogP contribution in [-0.4, -0.2) is 21.7 Å². The monoisotopic (exact) mass is 440 g/mol. The summed E-state index contributed by atoms with van der Waals surface area (Å²) < 4.78 is 15.9. The number of benzene rings is 2. The Labute approximate surface area is 186 Å². The number of amides is 1. The molecule has 1 saturated heterocycles. The van der Waals surface area contributed by atoms with Crippen molar-refractivity contribution in [2.24, 2.45) is 0 Å². The summed E-state index contributed by atoms with van der Waals surface area (Å²) in [6.45, 7) is 6.26. The molecular formula is C24H26ClFN4O. The first-order valence-corrected chi connectivity index (χ1v) is 10.7. The van der Waals surface area contributed by atoms with Gasteiger partial charge in [0.2, 0.25) is 5.91 Å². The Morgan fingerprint density at radius 3 is 2.65 bits per heavy atom. The zero-order chi connectivity index (χ0) is 22.2. The number of rotatable bonds is 4. The molecular weight excluding hydrogens is 415 g/mol. The fourth-order valence-corrected chi connectivity index (χ4v) is 4.19. The van der Waals surface area contributed by atoms with Crippen LogP contribution in [0.25, 0.3) is 0 Å². The Kier molecular flexibility index (Phi) is 5.86. The van der Waals surface area contributed by atoms with Crippen molar-refractivity contribution in [1.82, 2.24) is 15.1 Å². The standard InChI is InChI=1S/C24H26ClFN4O/c1-24(2,3)30-11-10-20(29-30)19-14-21(23(31)27-18-9-5-7-16(25)13-18)28-22(19)15-6-4-8-17(26)12-15/h4-13,19,21-22,28H,14H2,1-3H3,(H,27,31)/t19-,21+,22+/m1/s1. The van der Waals surface area contributed by atoms with Gasteiger partial charge in [-0.1, -0.05) is 29.8 Å². The van der Waals surface area contributed by atoms with E-state index in [0.29, 0.717) is 17.1 Å². The fourth-order valence-electron chi connectivity index (χ4n) is 4.00. The van der Waals surface area contributed by atoms with Gasteiger partial charge < -0.3 is 5.32 Å². The van der Waals surface area contributed by atoms with Crippen molar-refractivity contribution < 1.29 is 9.18 Å². The van der Waals surface area contributed by atoms with Crippen LogP contribution in [0, 0.1) is 5.82 Å².